The fourth-order valence-electron chi connectivity index (χ4n) is 4.91. The van der Waals surface area contributed by atoms with Crippen molar-refractivity contribution in [1.29, 1.82) is 0 Å². The molecular weight excluding hydrogens is 424 g/mol. The van der Waals surface area contributed by atoms with E-state index in [9.17, 15) is 4.79 Å². The summed E-state index contributed by atoms with van der Waals surface area (Å²) in [6, 6.07) is 4.51. The lowest BCUT2D eigenvalue weighted by molar-refractivity contribution is -0.137. The number of nitrogens with zero attached hydrogens (tertiary/aromatic N) is 5. The summed E-state index contributed by atoms with van der Waals surface area (Å²) < 4.78 is 2.09. The third-order valence-corrected chi connectivity index (χ3v) is 6.99. The quantitative estimate of drug-likeness (QED) is 0.503. The van der Waals surface area contributed by atoms with Crippen LogP contribution in [0.4, 0.5) is 5.82 Å². The summed E-state index contributed by atoms with van der Waals surface area (Å²) in [4.78, 5) is 22.2. The van der Waals surface area contributed by atoms with Gasteiger partial charge in [-0.2, -0.15) is 5.10 Å². The number of pyridine rings is 1. The number of hydrogen-bond acceptors (Lipinski definition) is 5. The van der Waals surface area contributed by atoms with Crippen molar-refractivity contribution >= 4 is 11.7 Å². The molecule has 4 heterocycles. The zero-order chi connectivity index (χ0) is 23.8. The van der Waals surface area contributed by atoms with Crippen molar-refractivity contribution in [1.82, 2.24) is 25.0 Å². The maximum absolute atomic E-state index is 13.2. The van der Waals surface area contributed by atoms with Crippen LogP contribution in [0.5, 0.6) is 0 Å². The molecule has 4 rings (SSSR count). The van der Waals surface area contributed by atoms with Crippen LogP contribution >= 0.6 is 0 Å². The lowest BCUT2D eigenvalue weighted by Gasteiger charge is -2.37. The first-order chi connectivity index (χ1) is 16.7. The van der Waals surface area contributed by atoms with Crippen molar-refractivity contribution in [2.24, 2.45) is 5.92 Å². The Hall–Kier alpha value is -2.85. The Morgan fingerprint density at radius 2 is 1.91 bits per heavy atom. The van der Waals surface area contributed by atoms with E-state index in [1.165, 1.54) is 12.0 Å². The smallest absolute Gasteiger partial charge is 0.225 e. The molecule has 0 aromatic carbocycles. The maximum Gasteiger partial charge on any atom is 0.225 e. The molecule has 7 nitrogen and oxygen atoms in total. The van der Waals surface area contributed by atoms with Crippen LogP contribution in [0.1, 0.15) is 69.0 Å². The molecule has 182 valence electrons. The molecule has 0 atom stereocenters. The molecule has 2 aromatic rings. The Balaban J connectivity index is 1.22. The van der Waals surface area contributed by atoms with Gasteiger partial charge in [0, 0.05) is 68.6 Å². The number of unbranched alkanes of at least 4 members (excludes halogenated alkanes) is 2. The van der Waals surface area contributed by atoms with Gasteiger partial charge in [0.15, 0.2) is 0 Å². The third-order valence-electron chi connectivity index (χ3n) is 6.99. The summed E-state index contributed by atoms with van der Waals surface area (Å²) in [5, 5.41) is 7.70. The number of hydrogen-bond donors (Lipinski definition) is 1. The fourth-order valence-corrected chi connectivity index (χ4v) is 4.91. The van der Waals surface area contributed by atoms with E-state index in [2.05, 4.69) is 67.0 Å². The predicted octanol–water partition coefficient (Wildman–Crippen LogP) is 3.62. The van der Waals surface area contributed by atoms with Crippen molar-refractivity contribution in [3.8, 4) is 11.8 Å². The van der Waals surface area contributed by atoms with Crippen molar-refractivity contribution in [3.05, 3.63) is 41.9 Å². The Bertz CT molecular complexity index is 973. The number of rotatable bonds is 7. The first kappa shape index (κ1) is 24.3. The van der Waals surface area contributed by atoms with Crippen LogP contribution in [-0.2, 0) is 11.3 Å². The monoisotopic (exact) mass is 462 g/mol. The summed E-state index contributed by atoms with van der Waals surface area (Å²) in [5.74, 6) is 7.86. The van der Waals surface area contributed by atoms with Gasteiger partial charge in [-0.05, 0) is 51.3 Å². The highest BCUT2D eigenvalue weighted by atomic mass is 16.2. The van der Waals surface area contributed by atoms with Gasteiger partial charge in [-0.25, -0.2) is 4.98 Å². The van der Waals surface area contributed by atoms with Crippen molar-refractivity contribution in [3.63, 3.8) is 0 Å². The number of amides is 1. The van der Waals surface area contributed by atoms with Crippen LogP contribution in [0.3, 0.4) is 0 Å². The van der Waals surface area contributed by atoms with Crippen LogP contribution in [0.15, 0.2) is 30.7 Å². The van der Waals surface area contributed by atoms with Crippen LogP contribution in [0, 0.1) is 17.8 Å². The van der Waals surface area contributed by atoms with E-state index in [0.29, 0.717) is 11.9 Å². The molecule has 2 aliphatic rings. The Kier molecular flexibility index (Phi) is 8.59. The van der Waals surface area contributed by atoms with E-state index < -0.39 is 0 Å². The van der Waals surface area contributed by atoms with Crippen LogP contribution in [-0.4, -0.2) is 58.8 Å². The molecule has 7 heteroatoms. The second-order valence-electron chi connectivity index (χ2n) is 9.49. The van der Waals surface area contributed by atoms with Gasteiger partial charge in [-0.15, -0.1) is 0 Å². The topological polar surface area (TPSA) is 66.3 Å². The highest BCUT2D eigenvalue weighted by Crippen LogP contribution is 2.27. The first-order valence-corrected chi connectivity index (χ1v) is 12.8. The Morgan fingerprint density at radius 3 is 2.59 bits per heavy atom. The van der Waals surface area contributed by atoms with E-state index >= 15 is 0 Å². The van der Waals surface area contributed by atoms with E-state index in [4.69, 9.17) is 0 Å². The summed E-state index contributed by atoms with van der Waals surface area (Å²) in [6.45, 7) is 6.43. The third kappa shape index (κ3) is 6.18. The normalized spacial score (nSPS) is 17.5. The van der Waals surface area contributed by atoms with Crippen molar-refractivity contribution in [2.45, 2.75) is 64.5 Å². The minimum absolute atomic E-state index is 0.128. The molecule has 2 aliphatic heterocycles. The molecule has 1 amide bonds. The number of likely N-dealkylation sites (tertiary alicyclic amines) is 1. The number of nitrogens with one attached hydrogen (secondary N) is 1. The lowest BCUT2D eigenvalue weighted by Crippen LogP contribution is -2.45. The molecule has 2 fully saturated rings. The highest BCUT2D eigenvalue weighted by molar-refractivity contribution is 5.79. The van der Waals surface area contributed by atoms with E-state index in [1.807, 2.05) is 19.4 Å². The molecular formula is C27H38N6O. The zero-order valence-corrected chi connectivity index (χ0v) is 20.7. The Morgan fingerprint density at radius 1 is 1.12 bits per heavy atom. The fraction of sp³-hybridized carbons (Fsp3) is 0.593. The average Bonchev–Trinajstić information content (AvgIpc) is 3.36. The van der Waals surface area contributed by atoms with Gasteiger partial charge in [-0.1, -0.05) is 25.2 Å². The predicted molar refractivity (Wildman–Crippen MR) is 135 cm³/mol. The molecule has 1 N–H and O–H groups in total. The number of anilines is 1. The van der Waals surface area contributed by atoms with Crippen molar-refractivity contribution in [2.75, 3.05) is 38.1 Å². The Labute approximate surface area is 203 Å². The molecule has 34 heavy (non-hydrogen) atoms. The molecule has 0 aliphatic carbocycles. The summed E-state index contributed by atoms with van der Waals surface area (Å²) in [7, 11) is 1.95. The van der Waals surface area contributed by atoms with Gasteiger partial charge in [0.2, 0.25) is 5.91 Å². The summed E-state index contributed by atoms with van der Waals surface area (Å²) in [5.41, 5.74) is 2.18. The number of piperidine rings is 2. The largest absolute Gasteiger partial charge is 0.357 e. The molecule has 0 bridgehead atoms. The molecule has 2 saturated heterocycles. The molecule has 0 unspecified atom stereocenters. The number of carbonyl (C=O) groups is 1. The SMILES string of the molecule is CCCCC#Cc1ccc(N2CCC(C(=O)N3CCC(n4cc(CNC)cn4)CC3)CC2)nc1. The van der Waals surface area contributed by atoms with Crippen LogP contribution in [0.25, 0.3) is 0 Å². The lowest BCUT2D eigenvalue weighted by atomic mass is 9.93. The van der Waals surface area contributed by atoms with Crippen LogP contribution < -0.4 is 10.2 Å². The van der Waals surface area contributed by atoms with Gasteiger partial charge in [0.25, 0.3) is 0 Å². The van der Waals surface area contributed by atoms with Gasteiger partial charge >= 0.3 is 0 Å². The molecule has 0 spiro atoms. The van der Waals surface area contributed by atoms with Crippen LogP contribution in [0.2, 0.25) is 0 Å². The minimum Gasteiger partial charge on any atom is -0.357 e. The van der Waals surface area contributed by atoms with Gasteiger partial charge in [-0.3, -0.25) is 9.48 Å². The average molecular weight is 463 g/mol. The number of aromatic nitrogens is 3. The van der Waals surface area contributed by atoms with Gasteiger partial charge < -0.3 is 15.1 Å². The first-order valence-electron chi connectivity index (χ1n) is 12.8. The highest BCUT2D eigenvalue weighted by Gasteiger charge is 2.31. The molecule has 0 saturated carbocycles. The number of carbonyl (C=O) groups excluding carboxylic acids is 1. The zero-order valence-electron chi connectivity index (χ0n) is 20.7. The van der Waals surface area contributed by atoms with E-state index in [-0.39, 0.29) is 5.92 Å². The second kappa shape index (κ2) is 12.0. The summed E-state index contributed by atoms with van der Waals surface area (Å²) in [6.07, 6.45) is 12.9. The van der Waals surface area contributed by atoms with E-state index in [1.54, 1.807) is 0 Å². The van der Waals surface area contributed by atoms with Gasteiger partial charge in [0.1, 0.15) is 5.82 Å². The van der Waals surface area contributed by atoms with E-state index in [0.717, 1.165) is 82.6 Å². The maximum atomic E-state index is 13.2. The minimum atomic E-state index is 0.128. The molecule has 0 radical (unpaired) electrons. The molecule has 2 aromatic heterocycles. The van der Waals surface area contributed by atoms with Crippen molar-refractivity contribution < 1.29 is 4.79 Å². The van der Waals surface area contributed by atoms with Gasteiger partial charge in [0.05, 0.1) is 12.2 Å². The standard InChI is InChI=1S/C27H38N6O/c1-3-4-5-6-7-22-8-9-26(29-19-22)31-14-10-24(11-15-31)27(34)32-16-12-25(13-17-32)33-21-23(18-28-2)20-30-33/h8-9,19-21,24-25,28H,3-5,10-18H2,1-2H3. The second-order valence-corrected chi connectivity index (χ2v) is 9.49. The summed E-state index contributed by atoms with van der Waals surface area (Å²) >= 11 is 0.